The maximum Gasteiger partial charge on any atom is 0.190 e. The summed E-state index contributed by atoms with van der Waals surface area (Å²) in [4.78, 5) is 4.16. The Hall–Kier alpha value is -0.460. The van der Waals surface area contributed by atoms with E-state index in [9.17, 15) is 0 Å². The van der Waals surface area contributed by atoms with Crippen molar-refractivity contribution in [3.63, 3.8) is 0 Å². The van der Waals surface area contributed by atoms with E-state index < -0.39 is 0 Å². The molecular weight excluding hydrogens is 250 g/mol. The van der Waals surface area contributed by atoms with Gasteiger partial charge in [-0.05, 0) is 24.9 Å². The number of nitrogens with zero attached hydrogens (tertiary/aromatic N) is 1. The molecule has 0 spiro atoms. The Morgan fingerprint density at radius 1 is 1.11 bits per heavy atom. The Balaban J connectivity index is 3.34. The highest BCUT2D eigenvalue weighted by molar-refractivity contribution is 7.98. The number of nitrogens with one attached hydrogen (secondary N) is 2. The van der Waals surface area contributed by atoms with Crippen LogP contribution in [-0.4, -0.2) is 65.0 Å². The molecule has 0 amide bonds. The number of thioether (sulfide) groups is 1. The summed E-state index contributed by atoms with van der Waals surface area (Å²) in [6.45, 7) is 3.91. The lowest BCUT2D eigenvalue weighted by Gasteiger charge is -2.11. The van der Waals surface area contributed by atoms with Crippen LogP contribution < -0.4 is 10.6 Å². The molecule has 108 valence electrons. The maximum atomic E-state index is 5.37. The van der Waals surface area contributed by atoms with Crippen LogP contribution in [0.5, 0.6) is 0 Å². The van der Waals surface area contributed by atoms with E-state index in [2.05, 4.69) is 21.9 Å². The van der Waals surface area contributed by atoms with Crippen LogP contribution in [0, 0.1) is 0 Å². The van der Waals surface area contributed by atoms with Crippen LogP contribution in [0.15, 0.2) is 4.99 Å². The van der Waals surface area contributed by atoms with Crippen molar-refractivity contribution in [2.75, 3.05) is 59.1 Å². The molecule has 6 heteroatoms. The van der Waals surface area contributed by atoms with Gasteiger partial charge in [-0.3, -0.25) is 4.99 Å². The largest absolute Gasteiger partial charge is 0.382 e. The van der Waals surface area contributed by atoms with Crippen molar-refractivity contribution in [1.29, 1.82) is 0 Å². The summed E-state index contributed by atoms with van der Waals surface area (Å²) in [6, 6.07) is 0. The van der Waals surface area contributed by atoms with E-state index in [1.165, 1.54) is 5.75 Å². The summed E-state index contributed by atoms with van der Waals surface area (Å²) in [5, 5.41) is 6.54. The highest BCUT2D eigenvalue weighted by Gasteiger charge is 1.96. The van der Waals surface area contributed by atoms with Gasteiger partial charge in [-0.2, -0.15) is 11.8 Å². The molecule has 0 aliphatic rings. The van der Waals surface area contributed by atoms with Gasteiger partial charge in [0.15, 0.2) is 5.96 Å². The van der Waals surface area contributed by atoms with Crippen molar-refractivity contribution in [3.8, 4) is 0 Å². The van der Waals surface area contributed by atoms with Crippen LogP contribution in [0.2, 0.25) is 0 Å². The van der Waals surface area contributed by atoms with Crippen molar-refractivity contribution in [2.45, 2.75) is 12.8 Å². The molecule has 0 fully saturated rings. The molecule has 0 aliphatic carbocycles. The minimum Gasteiger partial charge on any atom is -0.382 e. The fourth-order valence-electron chi connectivity index (χ4n) is 1.27. The van der Waals surface area contributed by atoms with Gasteiger partial charge in [0.05, 0.1) is 13.2 Å². The first-order chi connectivity index (χ1) is 8.85. The molecule has 0 atom stereocenters. The van der Waals surface area contributed by atoms with Crippen LogP contribution in [0.3, 0.4) is 0 Å². The monoisotopic (exact) mass is 277 g/mol. The summed E-state index contributed by atoms with van der Waals surface area (Å²) >= 11 is 1.86. The topological polar surface area (TPSA) is 54.9 Å². The molecule has 2 N–H and O–H groups in total. The molecule has 0 aromatic heterocycles. The first kappa shape index (κ1) is 17.5. The molecule has 0 unspecified atom stereocenters. The Bertz CT molecular complexity index is 204. The van der Waals surface area contributed by atoms with Crippen LogP contribution in [-0.2, 0) is 9.47 Å². The summed E-state index contributed by atoms with van der Waals surface area (Å²) < 4.78 is 10.3. The zero-order valence-electron chi connectivity index (χ0n) is 11.8. The molecule has 0 aromatic rings. The molecule has 0 radical (unpaired) electrons. The minimum absolute atomic E-state index is 0.659. The third-order valence-electron chi connectivity index (χ3n) is 2.23. The lowest BCUT2D eigenvalue weighted by Crippen LogP contribution is -2.38. The van der Waals surface area contributed by atoms with Gasteiger partial charge < -0.3 is 20.1 Å². The van der Waals surface area contributed by atoms with E-state index in [0.29, 0.717) is 13.2 Å². The van der Waals surface area contributed by atoms with Crippen LogP contribution in [0.1, 0.15) is 12.8 Å². The third-order valence-corrected chi connectivity index (χ3v) is 2.93. The number of aliphatic imine (C=N–C) groups is 1. The van der Waals surface area contributed by atoms with E-state index in [4.69, 9.17) is 9.47 Å². The van der Waals surface area contributed by atoms with Crippen molar-refractivity contribution in [3.05, 3.63) is 0 Å². The number of guanidine groups is 1. The quantitative estimate of drug-likeness (QED) is 0.335. The second-order valence-electron chi connectivity index (χ2n) is 3.73. The maximum absolute atomic E-state index is 5.37. The third kappa shape index (κ3) is 12.0. The molecule has 0 saturated carbocycles. The van der Waals surface area contributed by atoms with Crippen molar-refractivity contribution >= 4 is 17.7 Å². The zero-order valence-corrected chi connectivity index (χ0v) is 12.6. The standard InChI is InChI=1S/C12H27N3O2S/c1-13-12(15-7-5-11-18-3)14-6-4-8-17-10-9-16-2/h4-11H2,1-3H3,(H2,13,14,15). The first-order valence-electron chi connectivity index (χ1n) is 6.35. The fraction of sp³-hybridized carbons (Fsp3) is 0.917. The average Bonchev–Trinajstić information content (AvgIpc) is 2.40. The average molecular weight is 277 g/mol. The molecule has 0 rings (SSSR count). The van der Waals surface area contributed by atoms with Gasteiger partial charge in [0, 0.05) is 33.9 Å². The Kier molecular flexibility index (Phi) is 14.2. The minimum atomic E-state index is 0.659. The predicted molar refractivity (Wildman–Crippen MR) is 79.7 cm³/mol. The smallest absolute Gasteiger partial charge is 0.190 e. The van der Waals surface area contributed by atoms with Crippen molar-refractivity contribution in [2.24, 2.45) is 4.99 Å². The highest BCUT2D eigenvalue weighted by Crippen LogP contribution is 1.93. The summed E-state index contributed by atoms with van der Waals surface area (Å²) in [6.07, 6.45) is 4.24. The van der Waals surface area contributed by atoms with Gasteiger partial charge >= 0.3 is 0 Å². The fourth-order valence-corrected chi connectivity index (χ4v) is 1.70. The summed E-state index contributed by atoms with van der Waals surface area (Å²) in [7, 11) is 3.47. The number of methoxy groups -OCH3 is 1. The van der Waals surface area contributed by atoms with E-state index in [1.807, 2.05) is 11.8 Å². The van der Waals surface area contributed by atoms with E-state index in [0.717, 1.165) is 38.5 Å². The van der Waals surface area contributed by atoms with E-state index >= 15 is 0 Å². The lowest BCUT2D eigenvalue weighted by molar-refractivity contribution is 0.0698. The zero-order chi connectivity index (χ0) is 13.5. The Morgan fingerprint density at radius 2 is 1.83 bits per heavy atom. The molecule has 0 heterocycles. The summed E-state index contributed by atoms with van der Waals surface area (Å²) in [5.41, 5.74) is 0. The number of rotatable bonds is 11. The van der Waals surface area contributed by atoms with Gasteiger partial charge in [-0.1, -0.05) is 0 Å². The molecule has 0 bridgehead atoms. The molecule has 18 heavy (non-hydrogen) atoms. The first-order valence-corrected chi connectivity index (χ1v) is 7.74. The van der Waals surface area contributed by atoms with Gasteiger partial charge in [0.2, 0.25) is 0 Å². The van der Waals surface area contributed by atoms with E-state index in [-0.39, 0.29) is 0 Å². The Labute approximate surface area is 115 Å². The van der Waals surface area contributed by atoms with E-state index in [1.54, 1.807) is 14.2 Å². The second-order valence-corrected chi connectivity index (χ2v) is 4.72. The van der Waals surface area contributed by atoms with Crippen molar-refractivity contribution < 1.29 is 9.47 Å². The van der Waals surface area contributed by atoms with Gasteiger partial charge in [-0.15, -0.1) is 0 Å². The SMILES string of the molecule is CN=C(NCCCOCCOC)NCCCSC. The Morgan fingerprint density at radius 3 is 2.44 bits per heavy atom. The van der Waals surface area contributed by atoms with Gasteiger partial charge in [-0.25, -0.2) is 0 Å². The van der Waals surface area contributed by atoms with Crippen LogP contribution in [0.4, 0.5) is 0 Å². The molecule has 0 aromatic carbocycles. The van der Waals surface area contributed by atoms with Gasteiger partial charge in [0.1, 0.15) is 0 Å². The molecule has 0 saturated heterocycles. The normalized spacial score (nSPS) is 11.6. The molecular formula is C12H27N3O2S. The lowest BCUT2D eigenvalue weighted by atomic mass is 10.4. The number of hydrogen-bond acceptors (Lipinski definition) is 4. The second kappa shape index (κ2) is 14.6. The van der Waals surface area contributed by atoms with Crippen LogP contribution >= 0.6 is 11.8 Å². The summed E-state index contributed by atoms with van der Waals surface area (Å²) in [5.74, 6) is 2.05. The van der Waals surface area contributed by atoms with Gasteiger partial charge in [0.25, 0.3) is 0 Å². The predicted octanol–water partition coefficient (Wildman–Crippen LogP) is 0.958. The number of ether oxygens (including phenoxy) is 2. The van der Waals surface area contributed by atoms with Crippen molar-refractivity contribution in [1.82, 2.24) is 10.6 Å². The molecule has 5 nitrogen and oxygen atoms in total. The van der Waals surface area contributed by atoms with Crippen LogP contribution in [0.25, 0.3) is 0 Å². The highest BCUT2D eigenvalue weighted by atomic mass is 32.2. The molecule has 0 aliphatic heterocycles. The number of hydrogen-bond donors (Lipinski definition) is 2.